The Morgan fingerprint density at radius 3 is 1.58 bits per heavy atom. The molecule has 0 radical (unpaired) electrons. The fourth-order valence-electron chi connectivity index (χ4n) is 5.22. The molecule has 2 saturated carbocycles. The van der Waals surface area contributed by atoms with E-state index in [0.29, 0.717) is 11.8 Å². The zero-order valence-electron chi connectivity index (χ0n) is 19.1. The number of aliphatic hydroxyl groups excluding tert-OH is 2. The highest BCUT2D eigenvalue weighted by molar-refractivity contribution is 5.69. The van der Waals surface area contributed by atoms with Gasteiger partial charge in [0.25, 0.3) is 0 Å². The molecule has 0 aromatic rings. The van der Waals surface area contributed by atoms with Crippen molar-refractivity contribution in [3.63, 3.8) is 0 Å². The zero-order chi connectivity index (χ0) is 23.2. The van der Waals surface area contributed by atoms with E-state index in [2.05, 4.69) is 17.9 Å². The van der Waals surface area contributed by atoms with Gasteiger partial charge in [-0.05, 0) is 36.5 Å². The van der Waals surface area contributed by atoms with Crippen LogP contribution in [0.2, 0.25) is 0 Å². The number of ether oxygens (including phenoxy) is 1. The first-order valence-electron chi connectivity index (χ1n) is 11.7. The lowest BCUT2D eigenvalue weighted by Gasteiger charge is -2.26. The van der Waals surface area contributed by atoms with Crippen LogP contribution in [0.5, 0.6) is 0 Å². The second-order valence-electron chi connectivity index (χ2n) is 8.98. The Morgan fingerprint density at radius 1 is 0.871 bits per heavy atom. The van der Waals surface area contributed by atoms with Crippen LogP contribution < -0.4 is 0 Å². The number of aliphatic hydroxyl groups is 2. The number of hydrogen-bond donors (Lipinski definition) is 3. The molecule has 2 fully saturated rings. The summed E-state index contributed by atoms with van der Waals surface area (Å²) in [5.41, 5.74) is 0. The van der Waals surface area contributed by atoms with Crippen LogP contribution in [0.25, 0.3) is 0 Å². The van der Waals surface area contributed by atoms with Gasteiger partial charge in [0.1, 0.15) is 0 Å². The van der Waals surface area contributed by atoms with Crippen molar-refractivity contribution in [3.05, 3.63) is 25.3 Å². The molecule has 0 amide bonds. The third-order valence-corrected chi connectivity index (χ3v) is 6.86. The molecule has 2 aliphatic carbocycles. The van der Waals surface area contributed by atoms with Crippen molar-refractivity contribution in [2.75, 3.05) is 7.11 Å². The van der Waals surface area contributed by atoms with Crippen molar-refractivity contribution >= 4 is 11.9 Å². The first-order chi connectivity index (χ1) is 14.8. The number of hydrogen-bond acceptors (Lipinski definition) is 5. The Morgan fingerprint density at radius 2 is 1.26 bits per heavy atom. The average molecular weight is 439 g/mol. The van der Waals surface area contributed by atoms with Crippen LogP contribution in [0.15, 0.2) is 25.3 Å². The maximum Gasteiger partial charge on any atom is 0.308 e. The Kier molecular flexibility index (Phi) is 13.4. The van der Waals surface area contributed by atoms with Crippen LogP contribution in [0.1, 0.15) is 77.0 Å². The van der Waals surface area contributed by atoms with Crippen LogP contribution in [0.3, 0.4) is 0 Å². The van der Waals surface area contributed by atoms with E-state index in [1.54, 1.807) is 6.08 Å². The standard InChI is InChI=1S/C13H22O3.C12H20O3/c1-3-6-11(10-7-4-5-8-10)12(14)9-13(15)16-2;1-2-5-10(9-6-3-4-7-9)11(13)8-12(14)15/h3,10-12,14H,1,4-9H2,2H3;2,9-11,13H,1,3-8H2,(H,14,15). The predicted octanol–water partition coefficient (Wildman–Crippen LogP) is 4.50. The van der Waals surface area contributed by atoms with E-state index in [4.69, 9.17) is 5.11 Å². The summed E-state index contributed by atoms with van der Waals surface area (Å²) < 4.78 is 4.59. The molecule has 0 saturated heterocycles. The van der Waals surface area contributed by atoms with Gasteiger partial charge in [-0.25, -0.2) is 0 Å². The van der Waals surface area contributed by atoms with Crippen molar-refractivity contribution in [2.45, 2.75) is 89.3 Å². The van der Waals surface area contributed by atoms with Gasteiger partial charge < -0.3 is 20.1 Å². The van der Waals surface area contributed by atoms with Gasteiger partial charge in [-0.15, -0.1) is 13.2 Å². The fourth-order valence-corrected chi connectivity index (χ4v) is 5.22. The van der Waals surface area contributed by atoms with Crippen molar-refractivity contribution in [1.29, 1.82) is 0 Å². The highest BCUT2D eigenvalue weighted by atomic mass is 16.5. The van der Waals surface area contributed by atoms with Gasteiger partial charge in [-0.2, -0.15) is 0 Å². The summed E-state index contributed by atoms with van der Waals surface area (Å²) in [6.07, 6.45) is 13.2. The Hall–Kier alpha value is -1.66. The molecule has 0 spiro atoms. The van der Waals surface area contributed by atoms with Gasteiger partial charge in [-0.1, -0.05) is 63.5 Å². The summed E-state index contributed by atoms with van der Waals surface area (Å²) >= 11 is 0. The molecule has 2 rings (SSSR count). The summed E-state index contributed by atoms with van der Waals surface area (Å²) in [6, 6.07) is 0. The molecule has 3 N–H and O–H groups in total. The largest absolute Gasteiger partial charge is 0.481 e. The number of aliphatic carboxylic acids is 1. The maximum atomic E-state index is 11.1. The monoisotopic (exact) mass is 438 g/mol. The fraction of sp³-hybridized carbons (Fsp3) is 0.760. The van der Waals surface area contributed by atoms with Crippen LogP contribution in [0, 0.1) is 23.7 Å². The quantitative estimate of drug-likeness (QED) is 0.306. The Bertz CT molecular complexity index is 548. The van der Waals surface area contributed by atoms with Crippen LogP contribution in [-0.2, 0) is 14.3 Å². The molecule has 6 heteroatoms. The van der Waals surface area contributed by atoms with Crippen LogP contribution >= 0.6 is 0 Å². The zero-order valence-corrected chi connectivity index (χ0v) is 19.1. The minimum atomic E-state index is -0.922. The third-order valence-electron chi connectivity index (χ3n) is 6.86. The number of carbonyl (C=O) groups is 2. The molecule has 2 aliphatic rings. The number of methoxy groups -OCH3 is 1. The van der Waals surface area contributed by atoms with Gasteiger partial charge >= 0.3 is 11.9 Å². The molecule has 4 unspecified atom stereocenters. The van der Waals surface area contributed by atoms with E-state index in [9.17, 15) is 19.8 Å². The van der Waals surface area contributed by atoms with E-state index in [1.807, 2.05) is 6.08 Å². The van der Waals surface area contributed by atoms with Gasteiger partial charge in [0.05, 0.1) is 32.2 Å². The number of rotatable bonds is 12. The number of carboxylic acids is 1. The molecule has 0 bridgehead atoms. The van der Waals surface area contributed by atoms with E-state index in [1.165, 1.54) is 32.8 Å². The smallest absolute Gasteiger partial charge is 0.308 e. The lowest BCUT2D eigenvalue weighted by molar-refractivity contribution is -0.144. The molecular formula is C25H42O6. The van der Waals surface area contributed by atoms with Gasteiger partial charge in [0.2, 0.25) is 0 Å². The normalized spacial score (nSPS) is 20.7. The third kappa shape index (κ3) is 10.0. The Labute approximate surface area is 187 Å². The van der Waals surface area contributed by atoms with E-state index in [0.717, 1.165) is 38.5 Å². The summed E-state index contributed by atoms with van der Waals surface area (Å²) in [5, 5.41) is 28.6. The summed E-state index contributed by atoms with van der Waals surface area (Å²) in [4.78, 5) is 21.7. The van der Waals surface area contributed by atoms with Crippen molar-refractivity contribution < 1.29 is 29.6 Å². The van der Waals surface area contributed by atoms with Crippen LogP contribution in [-0.4, -0.2) is 46.6 Å². The molecule has 4 atom stereocenters. The predicted molar refractivity (Wildman–Crippen MR) is 121 cm³/mol. The van der Waals surface area contributed by atoms with E-state index >= 15 is 0 Å². The van der Waals surface area contributed by atoms with Crippen molar-refractivity contribution in [1.82, 2.24) is 0 Å². The summed E-state index contributed by atoms with van der Waals surface area (Å²) in [6.45, 7) is 7.40. The number of carboxylic acid groups (broad SMARTS) is 1. The highest BCUT2D eigenvalue weighted by Crippen LogP contribution is 2.36. The van der Waals surface area contributed by atoms with E-state index < -0.39 is 18.2 Å². The maximum absolute atomic E-state index is 11.1. The molecule has 0 aromatic heterocycles. The van der Waals surface area contributed by atoms with Crippen molar-refractivity contribution in [3.8, 4) is 0 Å². The Balaban J connectivity index is 0.000000311. The molecule has 0 aromatic carbocycles. The minimum Gasteiger partial charge on any atom is -0.481 e. The highest BCUT2D eigenvalue weighted by Gasteiger charge is 2.31. The molecule has 6 nitrogen and oxygen atoms in total. The number of carbonyl (C=O) groups excluding carboxylic acids is 1. The lowest BCUT2D eigenvalue weighted by atomic mass is 9.82. The molecule has 178 valence electrons. The van der Waals surface area contributed by atoms with Gasteiger partial charge in [0.15, 0.2) is 0 Å². The molecule has 0 aliphatic heterocycles. The first-order valence-corrected chi connectivity index (χ1v) is 11.7. The van der Waals surface area contributed by atoms with Gasteiger partial charge in [-0.3, -0.25) is 9.59 Å². The minimum absolute atomic E-state index is 0.0844. The molecular weight excluding hydrogens is 396 g/mol. The molecule has 31 heavy (non-hydrogen) atoms. The SMILES string of the molecule is C=CCC(C(O)CC(=O)O)C1CCCC1.C=CCC(C(O)CC(=O)OC)C1CCCC1. The second-order valence-corrected chi connectivity index (χ2v) is 8.98. The van der Waals surface area contributed by atoms with Crippen LogP contribution in [0.4, 0.5) is 0 Å². The van der Waals surface area contributed by atoms with Gasteiger partial charge in [0, 0.05) is 0 Å². The second kappa shape index (κ2) is 15.2. The topological polar surface area (TPSA) is 104 Å². The summed E-state index contributed by atoms with van der Waals surface area (Å²) in [7, 11) is 1.35. The lowest BCUT2D eigenvalue weighted by Crippen LogP contribution is -2.29. The van der Waals surface area contributed by atoms with E-state index in [-0.39, 0.29) is 30.6 Å². The average Bonchev–Trinajstić information content (AvgIpc) is 3.44. The number of esters is 1. The molecule has 0 heterocycles. The number of allylic oxidation sites excluding steroid dienone is 2. The first kappa shape index (κ1) is 27.4. The van der Waals surface area contributed by atoms with Crippen molar-refractivity contribution in [2.24, 2.45) is 23.7 Å². The summed E-state index contributed by atoms with van der Waals surface area (Å²) in [5.74, 6) is 0.0179.